The summed E-state index contributed by atoms with van der Waals surface area (Å²) in [5.41, 5.74) is 2.93. The maximum Gasteiger partial charge on any atom is 0.243 e. The highest BCUT2D eigenvalue weighted by Gasteiger charge is 2.13. The number of aryl methyl sites for hydroxylation is 2. The van der Waals surface area contributed by atoms with Crippen LogP contribution in [0.15, 0.2) is 42.5 Å². The molecule has 2 aromatic rings. The van der Waals surface area contributed by atoms with Crippen molar-refractivity contribution in [3.05, 3.63) is 58.6 Å². The molecule has 0 spiro atoms. The first-order valence-electron chi connectivity index (χ1n) is 8.34. The van der Waals surface area contributed by atoms with Crippen molar-refractivity contribution in [3.63, 3.8) is 0 Å². The monoisotopic (exact) mass is 374 g/mol. The van der Waals surface area contributed by atoms with E-state index in [1.165, 1.54) is 10.5 Å². The maximum atomic E-state index is 12.1. The number of nitrogens with zero attached hydrogens (tertiary/aromatic N) is 1. The van der Waals surface area contributed by atoms with Crippen LogP contribution in [0.1, 0.15) is 17.5 Å². The number of nitrogens with one attached hydrogen (secondary N) is 1. The van der Waals surface area contributed by atoms with Crippen LogP contribution in [0.4, 0.5) is 5.69 Å². The Labute approximate surface area is 158 Å². The highest BCUT2D eigenvalue weighted by atomic mass is 35.5. The standard InChI is InChI=1S/C20H23ClN2O3/c1-14-7-8-18(11-15(14)2)26-10-9-20(25)23(3)13-19(24)22-17-6-4-5-16(21)12-17/h4-8,11-12H,9-10,13H2,1-3H3,(H,22,24). The van der Waals surface area contributed by atoms with Crippen molar-refractivity contribution < 1.29 is 14.3 Å². The Morgan fingerprint density at radius 3 is 2.58 bits per heavy atom. The summed E-state index contributed by atoms with van der Waals surface area (Å²) >= 11 is 5.88. The lowest BCUT2D eigenvalue weighted by Crippen LogP contribution is -2.35. The normalized spacial score (nSPS) is 10.3. The van der Waals surface area contributed by atoms with E-state index in [4.69, 9.17) is 16.3 Å². The van der Waals surface area contributed by atoms with E-state index >= 15 is 0 Å². The molecule has 0 saturated carbocycles. The van der Waals surface area contributed by atoms with Gasteiger partial charge in [0.25, 0.3) is 0 Å². The molecule has 0 heterocycles. The molecule has 1 N–H and O–H groups in total. The Balaban J connectivity index is 1.76. The number of likely N-dealkylation sites (N-methyl/N-ethyl adjacent to an activating group) is 1. The van der Waals surface area contributed by atoms with Gasteiger partial charge in [0.05, 0.1) is 19.6 Å². The molecule has 138 valence electrons. The molecule has 5 nitrogen and oxygen atoms in total. The molecule has 0 fully saturated rings. The van der Waals surface area contributed by atoms with Gasteiger partial charge in [-0.25, -0.2) is 0 Å². The number of ether oxygens (including phenoxy) is 1. The summed E-state index contributed by atoms with van der Waals surface area (Å²) in [5.74, 6) is 0.301. The summed E-state index contributed by atoms with van der Waals surface area (Å²) in [5, 5.41) is 3.25. The molecular formula is C20H23ClN2O3. The predicted octanol–water partition coefficient (Wildman–Crippen LogP) is 3.82. The molecular weight excluding hydrogens is 352 g/mol. The molecule has 0 radical (unpaired) electrons. The number of halogens is 1. The largest absolute Gasteiger partial charge is 0.493 e. The lowest BCUT2D eigenvalue weighted by Gasteiger charge is -2.17. The maximum absolute atomic E-state index is 12.1. The molecule has 2 rings (SSSR count). The van der Waals surface area contributed by atoms with Crippen molar-refractivity contribution in [2.75, 3.05) is 25.5 Å². The summed E-state index contributed by atoms with van der Waals surface area (Å²) in [4.78, 5) is 25.5. The second kappa shape index (κ2) is 9.25. The average molecular weight is 375 g/mol. The second-order valence-corrected chi connectivity index (χ2v) is 6.59. The van der Waals surface area contributed by atoms with Gasteiger partial charge in [-0.2, -0.15) is 0 Å². The van der Waals surface area contributed by atoms with E-state index in [9.17, 15) is 9.59 Å². The van der Waals surface area contributed by atoms with Crippen LogP contribution in [0.5, 0.6) is 5.75 Å². The van der Waals surface area contributed by atoms with Crippen molar-refractivity contribution in [1.29, 1.82) is 0 Å². The van der Waals surface area contributed by atoms with E-state index in [1.54, 1.807) is 31.3 Å². The third-order valence-electron chi connectivity index (χ3n) is 3.98. The van der Waals surface area contributed by atoms with Crippen LogP contribution in [0, 0.1) is 13.8 Å². The molecule has 0 aliphatic rings. The highest BCUT2D eigenvalue weighted by Crippen LogP contribution is 2.17. The van der Waals surface area contributed by atoms with Crippen LogP contribution >= 0.6 is 11.6 Å². The summed E-state index contributed by atoms with van der Waals surface area (Å²) < 4.78 is 5.61. The lowest BCUT2D eigenvalue weighted by atomic mass is 10.1. The Bertz CT molecular complexity index is 792. The minimum Gasteiger partial charge on any atom is -0.493 e. The third-order valence-corrected chi connectivity index (χ3v) is 4.21. The first-order valence-corrected chi connectivity index (χ1v) is 8.72. The van der Waals surface area contributed by atoms with E-state index in [2.05, 4.69) is 5.32 Å². The fourth-order valence-electron chi connectivity index (χ4n) is 2.32. The van der Waals surface area contributed by atoms with Crippen molar-refractivity contribution >= 4 is 29.1 Å². The van der Waals surface area contributed by atoms with Gasteiger partial charge < -0.3 is 15.0 Å². The fraction of sp³-hybridized carbons (Fsp3) is 0.300. The van der Waals surface area contributed by atoms with Crippen molar-refractivity contribution in [2.45, 2.75) is 20.3 Å². The first-order chi connectivity index (χ1) is 12.3. The van der Waals surface area contributed by atoms with Gasteiger partial charge in [0.15, 0.2) is 0 Å². The zero-order valence-corrected chi connectivity index (χ0v) is 16.0. The van der Waals surface area contributed by atoms with Crippen molar-refractivity contribution in [1.82, 2.24) is 4.90 Å². The minimum absolute atomic E-state index is 0.0328. The van der Waals surface area contributed by atoms with Gasteiger partial charge in [0.2, 0.25) is 11.8 Å². The second-order valence-electron chi connectivity index (χ2n) is 6.15. The third kappa shape index (κ3) is 6.08. The topological polar surface area (TPSA) is 58.6 Å². The number of hydrogen-bond donors (Lipinski definition) is 1. The summed E-state index contributed by atoms with van der Waals surface area (Å²) in [6.45, 7) is 4.28. The quantitative estimate of drug-likeness (QED) is 0.801. The van der Waals surface area contributed by atoms with E-state index in [-0.39, 0.29) is 31.4 Å². The molecule has 0 atom stereocenters. The number of hydrogen-bond acceptors (Lipinski definition) is 3. The summed E-state index contributed by atoms with van der Waals surface area (Å²) in [6, 6.07) is 12.7. The van der Waals surface area contributed by atoms with Crippen LogP contribution in [0.2, 0.25) is 5.02 Å². The van der Waals surface area contributed by atoms with Gasteiger partial charge in [0, 0.05) is 17.8 Å². The van der Waals surface area contributed by atoms with Crippen molar-refractivity contribution in [2.24, 2.45) is 0 Å². The van der Waals surface area contributed by atoms with Crippen molar-refractivity contribution in [3.8, 4) is 5.75 Å². The molecule has 0 aromatic heterocycles. The van der Waals surface area contributed by atoms with Crippen LogP contribution in [-0.2, 0) is 9.59 Å². The number of amides is 2. The Kier molecular flexibility index (Phi) is 7.04. The minimum atomic E-state index is -0.279. The van der Waals surface area contributed by atoms with Crippen LogP contribution < -0.4 is 10.1 Å². The van der Waals surface area contributed by atoms with Gasteiger partial charge in [-0.15, -0.1) is 0 Å². The van der Waals surface area contributed by atoms with Gasteiger partial charge in [-0.1, -0.05) is 23.7 Å². The van der Waals surface area contributed by atoms with E-state index < -0.39 is 0 Å². The molecule has 0 saturated heterocycles. The molecule has 0 aliphatic heterocycles. The molecule has 26 heavy (non-hydrogen) atoms. The predicted molar refractivity (Wildman–Crippen MR) is 104 cm³/mol. The zero-order valence-electron chi connectivity index (χ0n) is 15.2. The average Bonchev–Trinajstić information content (AvgIpc) is 2.57. The van der Waals surface area contributed by atoms with Crippen LogP contribution in [0.3, 0.4) is 0 Å². The summed E-state index contributed by atoms with van der Waals surface area (Å²) in [7, 11) is 1.59. The van der Waals surface area contributed by atoms with Gasteiger partial charge in [-0.3, -0.25) is 9.59 Å². The van der Waals surface area contributed by atoms with E-state index in [1.807, 2.05) is 32.0 Å². The fourth-order valence-corrected chi connectivity index (χ4v) is 2.51. The highest BCUT2D eigenvalue weighted by molar-refractivity contribution is 6.30. The Morgan fingerprint density at radius 1 is 1.12 bits per heavy atom. The molecule has 6 heteroatoms. The smallest absolute Gasteiger partial charge is 0.243 e. The molecule has 2 aromatic carbocycles. The summed E-state index contributed by atoms with van der Waals surface area (Å²) in [6.07, 6.45) is 0.202. The van der Waals surface area contributed by atoms with Crippen LogP contribution in [-0.4, -0.2) is 36.9 Å². The molecule has 0 unspecified atom stereocenters. The molecule has 2 amide bonds. The Morgan fingerprint density at radius 2 is 1.88 bits per heavy atom. The Hall–Kier alpha value is -2.53. The zero-order chi connectivity index (χ0) is 19.1. The van der Waals surface area contributed by atoms with E-state index in [0.717, 1.165) is 11.3 Å². The number of carbonyl (C=O) groups excluding carboxylic acids is 2. The van der Waals surface area contributed by atoms with Crippen LogP contribution in [0.25, 0.3) is 0 Å². The number of rotatable bonds is 7. The molecule has 0 bridgehead atoms. The van der Waals surface area contributed by atoms with Gasteiger partial charge >= 0.3 is 0 Å². The molecule has 0 aliphatic carbocycles. The lowest BCUT2D eigenvalue weighted by molar-refractivity contribution is -0.133. The SMILES string of the molecule is Cc1ccc(OCCC(=O)N(C)CC(=O)Nc2cccc(Cl)c2)cc1C. The number of anilines is 1. The first kappa shape index (κ1) is 19.8. The number of benzene rings is 2. The van der Waals surface area contributed by atoms with E-state index in [0.29, 0.717) is 10.7 Å². The van der Waals surface area contributed by atoms with Gasteiger partial charge in [0.1, 0.15) is 5.75 Å². The van der Waals surface area contributed by atoms with Gasteiger partial charge in [-0.05, 0) is 55.3 Å². The number of carbonyl (C=O) groups is 2.